The first-order valence-electron chi connectivity index (χ1n) is 12.5. The quantitative estimate of drug-likeness (QED) is 0.362. The number of aliphatic hydroxyl groups is 1. The molecule has 0 unspecified atom stereocenters. The molecule has 3 heterocycles. The first-order chi connectivity index (χ1) is 18.3. The number of pyridine rings is 1. The van der Waals surface area contributed by atoms with Crippen LogP contribution in [0.2, 0.25) is 10.2 Å². The van der Waals surface area contributed by atoms with Crippen LogP contribution in [0.4, 0.5) is 5.82 Å². The number of nitrogens with zero attached hydrogens (tertiary/aromatic N) is 4. The van der Waals surface area contributed by atoms with Crippen LogP contribution in [-0.4, -0.2) is 97.6 Å². The number of anilines is 1. The van der Waals surface area contributed by atoms with Crippen LogP contribution >= 0.6 is 0 Å². The third kappa shape index (κ3) is 6.62. The first kappa shape index (κ1) is 29.0. The number of ether oxygens (including phenoxy) is 1. The van der Waals surface area contributed by atoms with Crippen LogP contribution in [0.25, 0.3) is 11.1 Å². The normalized spacial score (nSPS) is 15.4. The fourth-order valence-electron chi connectivity index (χ4n) is 4.33. The van der Waals surface area contributed by atoms with E-state index in [2.05, 4.69) is 33.9 Å². The third-order valence-electron chi connectivity index (χ3n) is 6.84. The molecule has 0 aliphatic carbocycles. The van der Waals surface area contributed by atoms with Crippen molar-refractivity contribution >= 4 is 52.9 Å². The van der Waals surface area contributed by atoms with Gasteiger partial charge in [-0.3, -0.25) is 4.68 Å². The lowest BCUT2D eigenvalue weighted by atomic mass is 9.23. The molecule has 13 heteroatoms. The minimum atomic E-state index is -2.49. The van der Waals surface area contributed by atoms with Crippen molar-refractivity contribution in [3.8, 4) is 28.7 Å². The van der Waals surface area contributed by atoms with Crippen LogP contribution in [0.15, 0.2) is 48.9 Å². The average Bonchev–Trinajstić information content (AvgIpc) is 3.36. The molecule has 184 valence electrons. The molecule has 0 bridgehead atoms. The highest BCUT2D eigenvalue weighted by atomic mass is 16.5. The zero-order valence-corrected chi connectivity index (χ0v) is 21.9. The van der Waals surface area contributed by atoms with E-state index >= 15 is 0 Å². The zero-order chi connectivity index (χ0) is 28.4. The van der Waals surface area contributed by atoms with Gasteiger partial charge in [0.25, 0.3) is 0 Å². The number of hydrogen-bond acceptors (Lipinski definition) is 6. The maximum atomic E-state index is 10.7. The third-order valence-corrected chi connectivity index (χ3v) is 6.84. The molecule has 0 atom stereocenters. The van der Waals surface area contributed by atoms with E-state index in [1.807, 2.05) is 29.2 Å². The summed E-state index contributed by atoms with van der Waals surface area (Å²) in [5.41, 5.74) is 6.64. The van der Waals surface area contributed by atoms with Crippen molar-refractivity contribution in [3.63, 3.8) is 0 Å². The van der Waals surface area contributed by atoms with Gasteiger partial charge in [-0.2, -0.15) is 5.10 Å². The molecule has 39 heavy (non-hydrogen) atoms. The van der Waals surface area contributed by atoms with Gasteiger partial charge in [0.2, 0.25) is 0 Å². The second-order valence-corrected chi connectivity index (χ2v) is 10.2. The molecule has 1 saturated heterocycles. The van der Waals surface area contributed by atoms with Crippen LogP contribution in [0.3, 0.4) is 0 Å². The van der Waals surface area contributed by atoms with Crippen LogP contribution in [0.1, 0.15) is 30.0 Å². The van der Waals surface area contributed by atoms with E-state index in [1.165, 1.54) is 0 Å². The molecule has 2 aromatic heterocycles. The van der Waals surface area contributed by atoms with E-state index < -0.39 is 15.8 Å². The Morgan fingerprint density at radius 1 is 1.05 bits per heavy atom. The lowest BCUT2D eigenvalue weighted by molar-refractivity contribution is 0.103. The number of aromatic nitrogens is 3. The van der Waals surface area contributed by atoms with Crippen molar-refractivity contribution in [1.82, 2.24) is 19.7 Å². The summed E-state index contributed by atoms with van der Waals surface area (Å²) in [6.45, 7) is 2.28. The lowest BCUT2D eigenvalue weighted by Crippen LogP contribution is -2.54. The summed E-state index contributed by atoms with van der Waals surface area (Å²) in [6, 6.07) is 9.27. The summed E-state index contributed by atoms with van der Waals surface area (Å²) in [5, 5.41) is 10.7. The van der Waals surface area contributed by atoms with Gasteiger partial charge in [-0.15, -0.1) is 0 Å². The topological polar surface area (TPSA) is 89.4 Å². The molecule has 4 rings (SSSR count). The summed E-state index contributed by atoms with van der Waals surface area (Å²) < 4.78 is 8.02. The van der Waals surface area contributed by atoms with E-state index in [4.69, 9.17) is 57.5 Å². The highest BCUT2D eigenvalue weighted by molar-refractivity contribution is 6.65. The lowest BCUT2D eigenvalue weighted by Gasteiger charge is -2.48. The van der Waals surface area contributed by atoms with Gasteiger partial charge in [0.15, 0.2) is 11.6 Å². The Labute approximate surface area is 238 Å². The molecule has 1 fully saturated rings. The molecule has 3 aromatic rings. The average molecular weight is 504 g/mol. The predicted octanol–water partition coefficient (Wildman–Crippen LogP) is 0.614. The van der Waals surface area contributed by atoms with Crippen LogP contribution < -0.4 is 10.5 Å². The van der Waals surface area contributed by atoms with Gasteiger partial charge in [-0.25, -0.2) is 4.98 Å². The summed E-state index contributed by atoms with van der Waals surface area (Å²) in [5.74, 6) is 5.85. The van der Waals surface area contributed by atoms with E-state index in [-0.39, 0.29) is 12.4 Å². The minimum absolute atomic E-state index is 0.174. The summed E-state index contributed by atoms with van der Waals surface area (Å²) >= 11 is 0. The predicted molar refractivity (Wildman–Crippen MR) is 158 cm³/mol. The maximum absolute atomic E-state index is 10.7. The van der Waals surface area contributed by atoms with Crippen molar-refractivity contribution < 1.29 is 9.84 Å². The summed E-state index contributed by atoms with van der Waals surface area (Å²) in [4.78, 5) is 6.63. The zero-order valence-electron chi connectivity index (χ0n) is 21.9. The number of likely N-dealkylation sites (tertiary alicyclic amines) is 1. The van der Waals surface area contributed by atoms with Crippen molar-refractivity contribution in [3.05, 3.63) is 60.0 Å². The molecular weight excluding hydrogens is 479 g/mol. The Bertz CT molecular complexity index is 1350. The Morgan fingerprint density at radius 3 is 2.41 bits per heavy atom. The van der Waals surface area contributed by atoms with Gasteiger partial charge < -0.3 is 20.5 Å². The first-order valence-corrected chi connectivity index (χ1v) is 12.5. The molecule has 7 nitrogen and oxygen atoms in total. The number of rotatable bonds is 7. The van der Waals surface area contributed by atoms with Crippen LogP contribution in [0.5, 0.6) is 5.75 Å². The minimum Gasteiger partial charge on any atom is -0.485 e. The Hall–Kier alpha value is -2.95. The van der Waals surface area contributed by atoms with Gasteiger partial charge in [-0.05, 0) is 56.7 Å². The van der Waals surface area contributed by atoms with E-state index in [1.54, 1.807) is 24.4 Å². The fourth-order valence-corrected chi connectivity index (χ4v) is 4.33. The highest BCUT2D eigenvalue weighted by Gasteiger charge is 2.45. The molecule has 12 radical (unpaired) electrons. The van der Waals surface area contributed by atoms with E-state index in [0.29, 0.717) is 17.4 Å². The molecule has 0 amide bonds. The molecule has 1 aliphatic heterocycles. The van der Waals surface area contributed by atoms with Crippen molar-refractivity contribution in [2.24, 2.45) is 0 Å². The number of piperidine rings is 1. The van der Waals surface area contributed by atoms with E-state index in [0.717, 1.165) is 42.6 Å². The van der Waals surface area contributed by atoms with E-state index in [9.17, 15) is 5.11 Å². The Morgan fingerprint density at radius 2 is 1.74 bits per heavy atom. The maximum Gasteiger partial charge on any atom is 0.166 e. The molecule has 1 aliphatic rings. The standard InChI is InChI=1S/C26H25B6N5O2/c1-36-9-6-21(7-10-36)37-15-20(14-35-37)19-12-22(23(33)34-13-19)39-16-18-4-2-3-17(11-18)5-8-24(38,25(27,28)29)26(30,31)32/h2-4,11-15,21,38H,6-7,9-10,16H2,1H3,(H2,33,34). The molecular formula is C26H25B6N5O2. The molecule has 0 spiro atoms. The highest BCUT2D eigenvalue weighted by Crippen LogP contribution is 2.42. The van der Waals surface area contributed by atoms with Crippen LogP contribution in [0, 0.1) is 11.8 Å². The largest absolute Gasteiger partial charge is 0.485 e. The summed E-state index contributed by atoms with van der Waals surface area (Å²) in [7, 11) is 36.0. The monoisotopic (exact) mass is 505 g/mol. The number of benzene rings is 1. The Kier molecular flexibility index (Phi) is 8.39. The van der Waals surface area contributed by atoms with Gasteiger partial charge >= 0.3 is 0 Å². The second kappa shape index (κ2) is 11.3. The smallest absolute Gasteiger partial charge is 0.166 e. The number of hydrogen-bond donors (Lipinski definition) is 2. The number of nitrogen functional groups attached to an aromatic ring is 1. The fraction of sp³-hybridized carbons (Fsp3) is 0.385. The van der Waals surface area contributed by atoms with Crippen molar-refractivity contribution in [1.29, 1.82) is 0 Å². The van der Waals surface area contributed by atoms with Crippen molar-refractivity contribution in [2.45, 2.75) is 41.3 Å². The van der Waals surface area contributed by atoms with Crippen LogP contribution in [-0.2, 0) is 6.61 Å². The SMILES string of the molecule is [B]C([B])([B])C(O)(C#Cc1cccc(COc2cc(-c3cnn(C4CCN(C)CC4)c3)cnc2N)c1)C([B])([B])[B]. The van der Waals surface area contributed by atoms with Gasteiger partial charge in [0.1, 0.15) is 6.61 Å². The molecule has 3 N–H and O–H groups in total. The Balaban J connectivity index is 1.48. The summed E-state index contributed by atoms with van der Waals surface area (Å²) in [6.07, 6.45) is 7.69. The van der Waals surface area contributed by atoms with Crippen molar-refractivity contribution in [2.75, 3.05) is 25.9 Å². The van der Waals surface area contributed by atoms with Gasteiger partial charge in [0, 0.05) is 29.1 Å². The molecule has 0 saturated carbocycles. The van der Waals surface area contributed by atoms with Gasteiger partial charge in [0.05, 0.1) is 64.9 Å². The second-order valence-electron chi connectivity index (χ2n) is 10.2. The number of nitrogens with two attached hydrogens (primary N) is 1. The molecule has 1 aromatic carbocycles. The van der Waals surface area contributed by atoms with Gasteiger partial charge in [-0.1, -0.05) is 34.2 Å².